The number of furan rings is 1. The summed E-state index contributed by atoms with van der Waals surface area (Å²) >= 11 is 0. The molecule has 16 heavy (non-hydrogen) atoms. The molecule has 0 saturated carbocycles. The summed E-state index contributed by atoms with van der Waals surface area (Å²) in [5, 5.41) is 0. The third-order valence-corrected chi connectivity index (χ3v) is 3.18. The third kappa shape index (κ3) is 1.97. The van der Waals surface area contributed by atoms with E-state index in [1.807, 2.05) is 13.0 Å². The molecule has 1 saturated heterocycles. The Morgan fingerprint density at radius 3 is 2.81 bits per heavy atom. The Kier molecular flexibility index (Phi) is 3.01. The molecule has 2 unspecified atom stereocenters. The smallest absolute Gasteiger partial charge is 0.289 e. The monoisotopic (exact) mass is 222 g/mol. The second-order valence-electron chi connectivity index (χ2n) is 4.47. The highest BCUT2D eigenvalue weighted by Crippen LogP contribution is 2.18. The number of aryl methyl sites for hydroxylation is 1. The van der Waals surface area contributed by atoms with Crippen LogP contribution in [-0.4, -0.2) is 29.9 Å². The molecule has 2 rings (SSSR count). The molecule has 2 N–H and O–H groups in total. The zero-order valence-corrected chi connectivity index (χ0v) is 9.77. The summed E-state index contributed by atoms with van der Waals surface area (Å²) in [5.74, 6) is 1.60. The minimum absolute atomic E-state index is 0.0421. The molecule has 0 bridgehead atoms. The fraction of sp³-hybridized carbons (Fsp3) is 0.583. The molecule has 4 nitrogen and oxygen atoms in total. The lowest BCUT2D eigenvalue weighted by molar-refractivity contribution is 0.0753. The van der Waals surface area contributed by atoms with Crippen molar-refractivity contribution >= 4 is 5.91 Å². The molecule has 0 aliphatic carbocycles. The van der Waals surface area contributed by atoms with Crippen molar-refractivity contribution in [2.24, 2.45) is 11.7 Å². The summed E-state index contributed by atoms with van der Waals surface area (Å²) in [6, 6.07) is 3.69. The first-order valence-electron chi connectivity index (χ1n) is 5.75. The highest BCUT2D eigenvalue weighted by molar-refractivity contribution is 5.91. The molecular weight excluding hydrogens is 204 g/mol. The Labute approximate surface area is 95.4 Å². The maximum Gasteiger partial charge on any atom is 0.289 e. The van der Waals surface area contributed by atoms with Gasteiger partial charge in [0.1, 0.15) is 5.76 Å². The first-order chi connectivity index (χ1) is 7.61. The number of nitrogens with two attached hydrogens (primary N) is 1. The van der Waals surface area contributed by atoms with E-state index in [1.54, 1.807) is 11.0 Å². The van der Waals surface area contributed by atoms with Gasteiger partial charge in [0.2, 0.25) is 0 Å². The van der Waals surface area contributed by atoms with Crippen LogP contribution in [0.5, 0.6) is 0 Å². The van der Waals surface area contributed by atoms with Crippen LogP contribution in [0.3, 0.4) is 0 Å². The fourth-order valence-electron chi connectivity index (χ4n) is 2.00. The van der Waals surface area contributed by atoms with Crippen LogP contribution in [0.1, 0.15) is 30.2 Å². The Balaban J connectivity index is 2.08. The van der Waals surface area contributed by atoms with Gasteiger partial charge in [0, 0.05) is 25.6 Å². The minimum Gasteiger partial charge on any atom is -0.456 e. The van der Waals surface area contributed by atoms with Gasteiger partial charge >= 0.3 is 0 Å². The van der Waals surface area contributed by atoms with E-state index in [2.05, 4.69) is 6.92 Å². The number of amides is 1. The lowest BCUT2D eigenvalue weighted by atomic mass is 10.1. The maximum atomic E-state index is 12.0. The highest BCUT2D eigenvalue weighted by atomic mass is 16.4. The van der Waals surface area contributed by atoms with Crippen LogP contribution in [-0.2, 0) is 6.42 Å². The Morgan fingerprint density at radius 2 is 2.31 bits per heavy atom. The zero-order valence-electron chi connectivity index (χ0n) is 9.77. The molecule has 1 aliphatic heterocycles. The van der Waals surface area contributed by atoms with Crippen LogP contribution < -0.4 is 5.73 Å². The van der Waals surface area contributed by atoms with Crippen molar-refractivity contribution in [3.63, 3.8) is 0 Å². The molecule has 2 heterocycles. The first-order valence-corrected chi connectivity index (χ1v) is 5.75. The van der Waals surface area contributed by atoms with Gasteiger partial charge in [0.05, 0.1) is 0 Å². The van der Waals surface area contributed by atoms with E-state index in [-0.39, 0.29) is 11.9 Å². The molecule has 1 aromatic heterocycles. The van der Waals surface area contributed by atoms with Crippen LogP contribution in [0.15, 0.2) is 16.5 Å². The number of nitrogens with zero attached hydrogens (tertiary/aromatic N) is 1. The van der Waals surface area contributed by atoms with E-state index in [4.69, 9.17) is 10.2 Å². The molecule has 1 aliphatic rings. The number of rotatable bonds is 2. The zero-order chi connectivity index (χ0) is 11.7. The van der Waals surface area contributed by atoms with Gasteiger partial charge in [-0.15, -0.1) is 0 Å². The first kappa shape index (κ1) is 11.2. The van der Waals surface area contributed by atoms with Gasteiger partial charge in [-0.3, -0.25) is 4.79 Å². The van der Waals surface area contributed by atoms with E-state index in [9.17, 15) is 4.79 Å². The number of carbonyl (C=O) groups excluding carboxylic acids is 1. The predicted molar refractivity (Wildman–Crippen MR) is 61.1 cm³/mol. The summed E-state index contributed by atoms with van der Waals surface area (Å²) in [7, 11) is 0. The van der Waals surface area contributed by atoms with Crippen LogP contribution >= 0.6 is 0 Å². The second kappa shape index (κ2) is 4.29. The standard InChI is InChI=1S/C12H18N2O2/c1-3-9-4-5-11(16-9)12(15)14-6-8(2)10(13)7-14/h4-5,8,10H,3,6-7,13H2,1-2H3. The summed E-state index contributed by atoms with van der Waals surface area (Å²) in [6.07, 6.45) is 0.809. The van der Waals surface area contributed by atoms with E-state index < -0.39 is 0 Å². The van der Waals surface area contributed by atoms with Crippen LogP contribution in [0.4, 0.5) is 0 Å². The van der Waals surface area contributed by atoms with Crippen molar-refractivity contribution in [3.05, 3.63) is 23.7 Å². The number of carbonyl (C=O) groups is 1. The van der Waals surface area contributed by atoms with Gasteiger partial charge in [-0.2, -0.15) is 0 Å². The van der Waals surface area contributed by atoms with Crippen molar-refractivity contribution in [1.29, 1.82) is 0 Å². The molecule has 0 aromatic carbocycles. The molecule has 88 valence electrons. The quantitative estimate of drug-likeness (QED) is 0.819. The van der Waals surface area contributed by atoms with E-state index >= 15 is 0 Å². The van der Waals surface area contributed by atoms with Crippen molar-refractivity contribution in [3.8, 4) is 0 Å². The van der Waals surface area contributed by atoms with Crippen molar-refractivity contribution < 1.29 is 9.21 Å². The average molecular weight is 222 g/mol. The summed E-state index contributed by atoms with van der Waals surface area (Å²) in [5.41, 5.74) is 5.89. The van der Waals surface area contributed by atoms with Crippen molar-refractivity contribution in [2.75, 3.05) is 13.1 Å². The fourth-order valence-corrected chi connectivity index (χ4v) is 2.00. The Bertz CT molecular complexity index is 376. The lowest BCUT2D eigenvalue weighted by Gasteiger charge is -2.13. The minimum atomic E-state index is -0.0421. The van der Waals surface area contributed by atoms with Crippen LogP contribution in [0.2, 0.25) is 0 Å². The van der Waals surface area contributed by atoms with E-state index in [0.717, 1.165) is 18.7 Å². The molecule has 0 spiro atoms. The normalized spacial score (nSPS) is 25.1. The van der Waals surface area contributed by atoms with E-state index in [1.165, 1.54) is 0 Å². The number of likely N-dealkylation sites (tertiary alicyclic amines) is 1. The van der Waals surface area contributed by atoms with Gasteiger partial charge < -0.3 is 15.1 Å². The summed E-state index contributed by atoms with van der Waals surface area (Å²) in [6.45, 7) is 5.42. The van der Waals surface area contributed by atoms with Crippen LogP contribution in [0.25, 0.3) is 0 Å². The molecule has 1 amide bonds. The maximum absolute atomic E-state index is 12.0. The Morgan fingerprint density at radius 1 is 1.56 bits per heavy atom. The van der Waals surface area contributed by atoms with Gasteiger partial charge in [0.15, 0.2) is 5.76 Å². The topological polar surface area (TPSA) is 59.5 Å². The largest absolute Gasteiger partial charge is 0.456 e. The van der Waals surface area contributed by atoms with Crippen LogP contribution in [0, 0.1) is 5.92 Å². The summed E-state index contributed by atoms with van der Waals surface area (Å²) < 4.78 is 5.45. The van der Waals surface area contributed by atoms with Crippen molar-refractivity contribution in [1.82, 2.24) is 4.90 Å². The third-order valence-electron chi connectivity index (χ3n) is 3.18. The van der Waals surface area contributed by atoms with Gasteiger partial charge in [-0.05, 0) is 18.1 Å². The molecule has 4 heteroatoms. The SMILES string of the molecule is CCc1ccc(C(=O)N2CC(C)C(N)C2)o1. The molecular formula is C12H18N2O2. The number of hydrogen-bond acceptors (Lipinski definition) is 3. The molecule has 1 aromatic rings. The average Bonchev–Trinajstić information content (AvgIpc) is 2.86. The summed E-state index contributed by atoms with van der Waals surface area (Å²) in [4.78, 5) is 13.8. The van der Waals surface area contributed by atoms with E-state index in [0.29, 0.717) is 18.2 Å². The van der Waals surface area contributed by atoms with Gasteiger partial charge in [-0.25, -0.2) is 0 Å². The molecule has 2 atom stereocenters. The molecule has 0 radical (unpaired) electrons. The molecule has 1 fully saturated rings. The van der Waals surface area contributed by atoms with Crippen molar-refractivity contribution in [2.45, 2.75) is 26.3 Å². The highest BCUT2D eigenvalue weighted by Gasteiger charge is 2.31. The van der Waals surface area contributed by atoms with Gasteiger partial charge in [-0.1, -0.05) is 13.8 Å². The Hall–Kier alpha value is -1.29. The van der Waals surface area contributed by atoms with Gasteiger partial charge in [0.25, 0.3) is 5.91 Å². The predicted octanol–water partition coefficient (Wildman–Crippen LogP) is 1.26. The number of hydrogen-bond donors (Lipinski definition) is 1. The second-order valence-corrected chi connectivity index (χ2v) is 4.47. The lowest BCUT2D eigenvalue weighted by Crippen LogP contribution is -2.31.